The summed E-state index contributed by atoms with van der Waals surface area (Å²) in [4.78, 5) is 22.5. The van der Waals surface area contributed by atoms with Crippen molar-refractivity contribution in [3.05, 3.63) is 95.4 Å². The van der Waals surface area contributed by atoms with Gasteiger partial charge >= 0.3 is 0 Å². The number of hydrogen-bond donors (Lipinski definition) is 2. The third-order valence-corrected chi connectivity index (χ3v) is 6.42. The van der Waals surface area contributed by atoms with Crippen molar-refractivity contribution in [1.82, 2.24) is 5.32 Å². The number of benzene rings is 2. The molecule has 2 aromatic rings. The fraction of sp³-hybridized carbons (Fsp3) is 0.269. The fourth-order valence-corrected chi connectivity index (χ4v) is 4.05. The molecule has 0 unspecified atom stereocenters. The molecule has 0 radical (unpaired) electrons. The van der Waals surface area contributed by atoms with Gasteiger partial charge in [0, 0.05) is 24.1 Å². The van der Waals surface area contributed by atoms with Crippen LogP contribution in [-0.4, -0.2) is 36.7 Å². The molecule has 0 saturated carbocycles. The summed E-state index contributed by atoms with van der Waals surface area (Å²) in [5, 5.41) is 7.62. The Labute approximate surface area is 215 Å². The number of nitrogens with two attached hydrogens (primary N) is 1. The first kappa shape index (κ1) is 28.1. The first-order chi connectivity index (χ1) is 17.0. The van der Waals surface area contributed by atoms with Gasteiger partial charge in [-0.25, -0.2) is 4.99 Å². The molecular weight excluding hydrogens is 480 g/mol. The van der Waals surface area contributed by atoms with Crippen molar-refractivity contribution in [3.8, 4) is 0 Å². The van der Waals surface area contributed by atoms with E-state index in [0.29, 0.717) is 41.2 Å². The zero-order chi connectivity index (χ0) is 25.3. The summed E-state index contributed by atoms with van der Waals surface area (Å²) in [5.41, 5.74) is 7.45. The number of nitrogens with zero attached hydrogens (tertiary/aromatic N) is 2. The van der Waals surface area contributed by atoms with Crippen molar-refractivity contribution >= 4 is 39.4 Å². The van der Waals surface area contributed by atoms with E-state index < -0.39 is 0 Å². The first-order valence-electron chi connectivity index (χ1n) is 11.1. The lowest BCUT2D eigenvalue weighted by atomic mass is 10.1. The molecule has 0 spiro atoms. The van der Waals surface area contributed by atoms with E-state index in [9.17, 15) is 4.79 Å². The van der Waals surface area contributed by atoms with E-state index in [-0.39, 0.29) is 18.2 Å². The molecule has 0 fully saturated rings. The Morgan fingerprint density at radius 2 is 1.83 bits per heavy atom. The van der Waals surface area contributed by atoms with Gasteiger partial charge in [-0.05, 0) is 22.3 Å². The third-order valence-electron chi connectivity index (χ3n) is 4.20. The fourth-order valence-electron chi connectivity index (χ4n) is 2.51. The maximum absolute atomic E-state index is 12.8. The topological polar surface area (TPSA) is 98.3 Å². The Morgan fingerprint density at radius 3 is 2.49 bits per heavy atom. The van der Waals surface area contributed by atoms with Crippen LogP contribution in [-0.2, 0) is 21.0 Å². The molecule has 3 N–H and O–H groups in total. The summed E-state index contributed by atoms with van der Waals surface area (Å²) in [6.07, 6.45) is 2.93. The van der Waals surface area contributed by atoms with Crippen LogP contribution < -0.4 is 11.1 Å². The minimum atomic E-state index is -0.299. The van der Waals surface area contributed by atoms with Crippen LogP contribution in [0, 0.1) is 5.92 Å². The average Bonchev–Trinajstić information content (AvgIpc) is 2.87. The van der Waals surface area contributed by atoms with Crippen LogP contribution >= 0.6 is 21.6 Å². The number of carbonyl (C=O) groups is 1. The molecule has 9 heteroatoms. The number of hydrogen-bond acceptors (Lipinski definition) is 8. The molecule has 0 bridgehead atoms. The monoisotopic (exact) mass is 512 g/mol. The van der Waals surface area contributed by atoms with Gasteiger partial charge in [0.2, 0.25) is 0 Å². The highest BCUT2D eigenvalue weighted by atomic mass is 33.1. The number of oxime groups is 1. The van der Waals surface area contributed by atoms with Crippen LogP contribution in [0.15, 0.2) is 94.4 Å². The van der Waals surface area contributed by atoms with Gasteiger partial charge in [-0.15, -0.1) is 0 Å². The number of allylic oxidation sites excluding steroid dienone is 1. The summed E-state index contributed by atoms with van der Waals surface area (Å²) >= 11 is 0. The van der Waals surface area contributed by atoms with Gasteiger partial charge in [0.05, 0.1) is 17.9 Å². The number of rotatable bonds is 15. The molecule has 2 rings (SSSR count). The number of amides is 1. The maximum Gasteiger partial charge on any atom is 0.273 e. The number of aliphatic imine (C=N–C) groups is 1. The largest absolute Gasteiger partial charge is 0.490 e. The van der Waals surface area contributed by atoms with Gasteiger partial charge in [0.15, 0.2) is 11.5 Å². The summed E-state index contributed by atoms with van der Waals surface area (Å²) in [6.45, 7) is 9.32. The number of ether oxygens (including phenoxy) is 1. The quantitative estimate of drug-likeness (QED) is 0.113. The minimum Gasteiger partial charge on any atom is -0.490 e. The van der Waals surface area contributed by atoms with E-state index in [1.54, 1.807) is 6.21 Å². The van der Waals surface area contributed by atoms with Crippen molar-refractivity contribution in [2.75, 3.05) is 18.9 Å². The molecular formula is C26H32N4O3S2. The lowest BCUT2D eigenvalue weighted by Gasteiger charge is -2.09. The molecule has 0 aliphatic carbocycles. The molecule has 0 saturated heterocycles. The van der Waals surface area contributed by atoms with E-state index in [0.717, 1.165) is 5.56 Å². The zero-order valence-electron chi connectivity index (χ0n) is 20.1. The number of nitrogens with one attached hydrogen (secondary N) is 1. The molecule has 186 valence electrons. The predicted octanol–water partition coefficient (Wildman–Crippen LogP) is 5.12. The van der Waals surface area contributed by atoms with Crippen molar-refractivity contribution < 1.29 is 14.4 Å². The molecule has 0 aliphatic heterocycles. The Morgan fingerprint density at radius 1 is 1.14 bits per heavy atom. The lowest BCUT2D eigenvalue weighted by Crippen LogP contribution is -2.33. The van der Waals surface area contributed by atoms with Gasteiger partial charge in [0.25, 0.3) is 5.91 Å². The van der Waals surface area contributed by atoms with Gasteiger partial charge in [-0.3, -0.25) is 4.79 Å². The molecule has 0 aromatic heterocycles. The first-order valence-corrected chi connectivity index (χ1v) is 13.5. The van der Waals surface area contributed by atoms with Crippen LogP contribution in [0.25, 0.3) is 0 Å². The molecule has 0 heterocycles. The third kappa shape index (κ3) is 11.7. The maximum atomic E-state index is 12.8. The van der Waals surface area contributed by atoms with Crippen LogP contribution in [0.5, 0.6) is 0 Å². The molecule has 35 heavy (non-hydrogen) atoms. The van der Waals surface area contributed by atoms with Crippen LogP contribution in [0.4, 0.5) is 0 Å². The minimum absolute atomic E-state index is 0.232. The highest BCUT2D eigenvalue weighted by molar-refractivity contribution is 8.78. The zero-order valence-corrected chi connectivity index (χ0v) is 21.7. The van der Waals surface area contributed by atoms with E-state index in [4.69, 9.17) is 15.3 Å². The van der Waals surface area contributed by atoms with E-state index in [1.807, 2.05) is 60.7 Å². The van der Waals surface area contributed by atoms with Gasteiger partial charge in [0.1, 0.15) is 6.61 Å². The Bertz CT molecular complexity index is 1010. The van der Waals surface area contributed by atoms with Crippen molar-refractivity contribution in [1.29, 1.82) is 0 Å². The SMILES string of the molecule is C=C(/N=C\C(=C/N)OCC(C)C)SSCCNC(=O)/C(=N\OCc1ccccc1)c1ccccc1. The molecule has 0 aliphatic rings. The molecule has 7 nitrogen and oxygen atoms in total. The van der Waals surface area contributed by atoms with Crippen LogP contribution in [0.2, 0.25) is 0 Å². The lowest BCUT2D eigenvalue weighted by molar-refractivity contribution is -0.114. The summed E-state index contributed by atoms with van der Waals surface area (Å²) < 4.78 is 5.55. The highest BCUT2D eigenvalue weighted by Crippen LogP contribution is 2.29. The van der Waals surface area contributed by atoms with E-state index in [1.165, 1.54) is 27.8 Å². The van der Waals surface area contributed by atoms with Crippen LogP contribution in [0.3, 0.4) is 0 Å². The van der Waals surface area contributed by atoms with Gasteiger partial charge in [-0.1, -0.05) is 97.0 Å². The molecule has 0 atom stereocenters. The second kappa shape index (κ2) is 16.5. The van der Waals surface area contributed by atoms with Crippen molar-refractivity contribution in [3.63, 3.8) is 0 Å². The summed E-state index contributed by atoms with van der Waals surface area (Å²) in [5.74, 6) is 1.25. The van der Waals surface area contributed by atoms with Gasteiger partial charge in [-0.2, -0.15) is 0 Å². The van der Waals surface area contributed by atoms with E-state index in [2.05, 4.69) is 35.9 Å². The highest BCUT2D eigenvalue weighted by Gasteiger charge is 2.14. The number of carbonyl (C=O) groups excluding carboxylic acids is 1. The van der Waals surface area contributed by atoms with Crippen molar-refractivity contribution in [2.24, 2.45) is 21.8 Å². The second-order valence-corrected chi connectivity index (χ2v) is 10.1. The standard InChI is InChI=1S/C26H32N4O3S2/c1-20(2)18-32-24(16-27)17-29-21(3)35-34-15-14-28-26(31)25(23-12-8-5-9-13-23)30-33-19-22-10-6-4-7-11-22/h4-13,16-17,20H,3,14-15,18-19,27H2,1-2H3,(H,28,31)/b24-16+,29-17-,30-25-. The summed E-state index contributed by atoms with van der Waals surface area (Å²) in [7, 11) is 2.95. The smallest absolute Gasteiger partial charge is 0.273 e. The van der Waals surface area contributed by atoms with E-state index >= 15 is 0 Å². The molecule has 1 amide bonds. The predicted molar refractivity (Wildman–Crippen MR) is 148 cm³/mol. The average molecular weight is 513 g/mol. The summed E-state index contributed by atoms with van der Waals surface area (Å²) in [6, 6.07) is 18.9. The van der Waals surface area contributed by atoms with Gasteiger partial charge < -0.3 is 20.6 Å². The van der Waals surface area contributed by atoms with Crippen molar-refractivity contribution in [2.45, 2.75) is 20.5 Å². The Hall–Kier alpha value is -3.17. The van der Waals surface area contributed by atoms with Crippen LogP contribution in [0.1, 0.15) is 25.0 Å². The Kier molecular flexibility index (Phi) is 13.2. The Balaban J connectivity index is 1.79. The normalized spacial score (nSPS) is 12.1. The second-order valence-electron chi connectivity index (χ2n) is 7.65. The molecule has 2 aromatic carbocycles.